The lowest BCUT2D eigenvalue weighted by Gasteiger charge is -2.17. The Balaban J connectivity index is 1.96. The van der Waals surface area contributed by atoms with Crippen molar-refractivity contribution in [2.45, 2.75) is 6.92 Å². The largest absolute Gasteiger partial charge is 0.463 e. The minimum absolute atomic E-state index is 0.0428. The minimum atomic E-state index is -1.16. The first-order valence-corrected chi connectivity index (χ1v) is 8.35. The molecule has 25 heavy (non-hydrogen) atoms. The highest BCUT2D eigenvalue weighted by molar-refractivity contribution is 8.04. The second kappa shape index (κ2) is 8.61. The number of nitrogens with zero attached hydrogens (tertiary/aromatic N) is 1. The quantitative estimate of drug-likeness (QED) is 0.563. The van der Waals surface area contributed by atoms with Crippen molar-refractivity contribution < 1.29 is 32.6 Å². The molecule has 6 nitrogen and oxygen atoms in total. The van der Waals surface area contributed by atoms with Crippen LogP contribution in [0.25, 0.3) is 0 Å². The molecule has 0 atom stereocenters. The molecule has 1 aromatic rings. The summed E-state index contributed by atoms with van der Waals surface area (Å²) in [4.78, 5) is 36.3. The van der Waals surface area contributed by atoms with E-state index in [0.29, 0.717) is 5.03 Å². The second-order valence-corrected chi connectivity index (χ2v) is 5.80. The molecule has 1 aliphatic rings. The highest BCUT2D eigenvalue weighted by Gasteiger charge is 2.28. The molecule has 0 bridgehead atoms. The smallest absolute Gasteiger partial charge is 0.344 e. The molecule has 0 radical (unpaired) electrons. The van der Waals surface area contributed by atoms with Crippen molar-refractivity contribution in [1.29, 1.82) is 0 Å². The van der Waals surface area contributed by atoms with Crippen molar-refractivity contribution >= 4 is 29.6 Å². The number of carbonyl (C=O) groups excluding carboxylic acids is 3. The van der Waals surface area contributed by atoms with Crippen molar-refractivity contribution in [2.75, 3.05) is 25.5 Å². The first-order chi connectivity index (χ1) is 11.9. The number of halogens is 2. The number of benzene rings is 1. The molecule has 134 valence electrons. The average Bonchev–Trinajstić information content (AvgIpc) is 2.88. The van der Waals surface area contributed by atoms with Crippen LogP contribution in [0.1, 0.15) is 17.3 Å². The molecule has 1 fully saturated rings. The summed E-state index contributed by atoms with van der Waals surface area (Å²) in [5, 5.41) is 0.372. The van der Waals surface area contributed by atoms with Gasteiger partial charge in [-0.25, -0.2) is 18.4 Å². The molecule has 0 aliphatic carbocycles. The Morgan fingerprint density at radius 2 is 1.96 bits per heavy atom. The number of rotatable bonds is 6. The van der Waals surface area contributed by atoms with E-state index in [9.17, 15) is 23.2 Å². The number of thioether (sulfide) groups is 1. The molecule has 1 amide bonds. The van der Waals surface area contributed by atoms with Gasteiger partial charge in [0.2, 0.25) is 5.91 Å². The zero-order valence-electron chi connectivity index (χ0n) is 13.3. The molecular weight excluding hydrogens is 356 g/mol. The van der Waals surface area contributed by atoms with Gasteiger partial charge >= 0.3 is 11.9 Å². The summed E-state index contributed by atoms with van der Waals surface area (Å²) < 4.78 is 36.6. The molecule has 0 unspecified atom stereocenters. The van der Waals surface area contributed by atoms with Crippen LogP contribution in [0.4, 0.5) is 8.78 Å². The fourth-order valence-corrected chi connectivity index (χ4v) is 3.00. The standard InChI is InChI=1S/C16H15F2NO5S/c1-2-23-14(21)8-13-19(12(20)9-25-13)6-7-24-16(22)15-10(17)4-3-5-11(15)18/h3-5,8H,2,6-7,9H2,1H3/b13-8-. The van der Waals surface area contributed by atoms with Crippen molar-refractivity contribution in [3.8, 4) is 0 Å². The number of amides is 1. The zero-order chi connectivity index (χ0) is 18.4. The van der Waals surface area contributed by atoms with E-state index in [1.807, 2.05) is 0 Å². The Kier molecular flexibility index (Phi) is 6.51. The average molecular weight is 371 g/mol. The molecule has 1 heterocycles. The summed E-state index contributed by atoms with van der Waals surface area (Å²) in [6.07, 6.45) is 1.18. The van der Waals surface area contributed by atoms with E-state index >= 15 is 0 Å². The fraction of sp³-hybridized carbons (Fsp3) is 0.312. The Labute approximate surface area is 146 Å². The van der Waals surface area contributed by atoms with E-state index in [2.05, 4.69) is 0 Å². The van der Waals surface area contributed by atoms with Crippen LogP contribution in [-0.2, 0) is 19.1 Å². The van der Waals surface area contributed by atoms with E-state index in [1.165, 1.54) is 11.0 Å². The van der Waals surface area contributed by atoms with Gasteiger partial charge in [0, 0.05) is 0 Å². The van der Waals surface area contributed by atoms with Gasteiger partial charge in [0.25, 0.3) is 0 Å². The van der Waals surface area contributed by atoms with Crippen LogP contribution in [0.2, 0.25) is 0 Å². The van der Waals surface area contributed by atoms with Crippen molar-refractivity contribution in [1.82, 2.24) is 4.90 Å². The number of ether oxygens (including phenoxy) is 2. The van der Waals surface area contributed by atoms with E-state index in [1.54, 1.807) is 6.92 Å². The van der Waals surface area contributed by atoms with Gasteiger partial charge in [0.05, 0.1) is 30.0 Å². The monoisotopic (exact) mass is 371 g/mol. The number of carbonyl (C=O) groups is 3. The van der Waals surface area contributed by atoms with Crippen LogP contribution in [-0.4, -0.2) is 48.3 Å². The molecule has 0 spiro atoms. The number of hydrogen-bond donors (Lipinski definition) is 0. The van der Waals surface area contributed by atoms with Gasteiger partial charge in [-0.1, -0.05) is 17.8 Å². The lowest BCUT2D eigenvalue weighted by molar-refractivity contribution is -0.137. The van der Waals surface area contributed by atoms with Gasteiger partial charge in [0.15, 0.2) is 0 Å². The zero-order valence-corrected chi connectivity index (χ0v) is 14.1. The Morgan fingerprint density at radius 1 is 1.28 bits per heavy atom. The maximum absolute atomic E-state index is 13.5. The third-order valence-electron chi connectivity index (χ3n) is 3.15. The molecular formula is C16H15F2NO5S. The summed E-state index contributed by atoms with van der Waals surface area (Å²) in [5.74, 6) is -3.93. The van der Waals surface area contributed by atoms with Crippen LogP contribution in [0.5, 0.6) is 0 Å². The van der Waals surface area contributed by atoms with Gasteiger partial charge in [0.1, 0.15) is 23.8 Å². The van der Waals surface area contributed by atoms with Crippen molar-refractivity contribution in [3.05, 3.63) is 46.5 Å². The molecule has 0 aromatic heterocycles. The highest BCUT2D eigenvalue weighted by atomic mass is 32.2. The van der Waals surface area contributed by atoms with Crippen molar-refractivity contribution in [2.24, 2.45) is 0 Å². The number of hydrogen-bond acceptors (Lipinski definition) is 6. The molecule has 1 aromatic carbocycles. The van der Waals surface area contributed by atoms with Crippen LogP contribution < -0.4 is 0 Å². The molecule has 1 aliphatic heterocycles. The van der Waals surface area contributed by atoms with E-state index in [-0.39, 0.29) is 31.4 Å². The molecule has 0 N–H and O–H groups in total. The molecule has 0 saturated carbocycles. The lowest BCUT2D eigenvalue weighted by atomic mass is 10.2. The van der Waals surface area contributed by atoms with Crippen LogP contribution in [0.15, 0.2) is 29.3 Å². The molecule has 2 rings (SSSR count). The van der Waals surface area contributed by atoms with Crippen LogP contribution in [0, 0.1) is 11.6 Å². The summed E-state index contributed by atoms with van der Waals surface area (Å²) in [6.45, 7) is 1.54. The van der Waals surface area contributed by atoms with E-state index < -0.39 is 29.1 Å². The topological polar surface area (TPSA) is 72.9 Å². The Hall–Kier alpha value is -2.42. The lowest BCUT2D eigenvalue weighted by Crippen LogP contribution is -2.29. The predicted octanol–water partition coefficient (Wildman–Crippen LogP) is 2.10. The minimum Gasteiger partial charge on any atom is -0.463 e. The van der Waals surface area contributed by atoms with Gasteiger partial charge in [-0.15, -0.1) is 0 Å². The highest BCUT2D eigenvalue weighted by Crippen LogP contribution is 2.28. The van der Waals surface area contributed by atoms with Gasteiger partial charge < -0.3 is 14.4 Å². The van der Waals surface area contributed by atoms with Gasteiger partial charge in [-0.2, -0.15) is 0 Å². The molecule has 9 heteroatoms. The predicted molar refractivity (Wildman–Crippen MR) is 85.5 cm³/mol. The summed E-state index contributed by atoms with van der Waals surface area (Å²) >= 11 is 1.15. The Bertz CT molecular complexity index is 702. The van der Waals surface area contributed by atoms with Crippen molar-refractivity contribution in [3.63, 3.8) is 0 Å². The van der Waals surface area contributed by atoms with E-state index in [4.69, 9.17) is 9.47 Å². The SMILES string of the molecule is CCOC(=O)/C=C1\SCC(=O)N1CCOC(=O)c1c(F)cccc1F. The summed E-state index contributed by atoms with van der Waals surface area (Å²) in [7, 11) is 0. The van der Waals surface area contributed by atoms with Gasteiger partial charge in [-0.3, -0.25) is 4.79 Å². The maximum Gasteiger partial charge on any atom is 0.344 e. The normalized spacial score (nSPS) is 15.6. The fourth-order valence-electron chi connectivity index (χ4n) is 2.05. The summed E-state index contributed by atoms with van der Waals surface area (Å²) in [5.41, 5.74) is -0.785. The van der Waals surface area contributed by atoms with Crippen LogP contribution >= 0.6 is 11.8 Å². The van der Waals surface area contributed by atoms with Gasteiger partial charge in [-0.05, 0) is 19.1 Å². The maximum atomic E-state index is 13.5. The Morgan fingerprint density at radius 3 is 2.60 bits per heavy atom. The third kappa shape index (κ3) is 4.79. The third-order valence-corrected chi connectivity index (χ3v) is 4.18. The summed E-state index contributed by atoms with van der Waals surface area (Å²) in [6, 6.07) is 3.02. The first-order valence-electron chi connectivity index (χ1n) is 7.36. The first kappa shape index (κ1) is 18.9. The number of esters is 2. The molecule has 1 saturated heterocycles. The second-order valence-electron chi connectivity index (χ2n) is 4.80. The van der Waals surface area contributed by atoms with E-state index in [0.717, 1.165) is 30.0 Å². The van der Waals surface area contributed by atoms with Crippen LogP contribution in [0.3, 0.4) is 0 Å².